The molecule has 0 amide bonds. The van der Waals surface area contributed by atoms with Crippen LogP contribution in [-0.2, 0) is 35.7 Å². The van der Waals surface area contributed by atoms with Gasteiger partial charge in [0.25, 0.3) is 0 Å². The van der Waals surface area contributed by atoms with Crippen molar-refractivity contribution in [3.63, 3.8) is 0 Å². The van der Waals surface area contributed by atoms with E-state index < -0.39 is 0 Å². The Balaban J connectivity index is 0.000000251. The molecule has 48 heavy (non-hydrogen) atoms. The number of aliphatic hydroxyl groups excluding tert-OH is 1. The van der Waals surface area contributed by atoms with Gasteiger partial charge in [-0.2, -0.15) is 0 Å². The van der Waals surface area contributed by atoms with Crippen LogP contribution < -0.4 is 0 Å². The molecule has 1 heterocycles. The summed E-state index contributed by atoms with van der Waals surface area (Å²) in [5.41, 5.74) is 9.92. The van der Waals surface area contributed by atoms with Crippen molar-refractivity contribution in [3.8, 4) is 11.3 Å². The second-order valence-corrected chi connectivity index (χ2v) is 15.0. The molecular weight excluding hydrogens is 767 g/mol. The number of nitrogens with zero attached hydrogens (tertiary/aromatic N) is 1. The summed E-state index contributed by atoms with van der Waals surface area (Å²) in [5.74, 6) is 0.286. The van der Waals surface area contributed by atoms with E-state index in [0.717, 1.165) is 36.9 Å². The largest absolute Gasteiger partial charge is 0.512 e. The Hall–Kier alpha value is -3.33. The molecule has 1 radical (unpaired) electrons. The van der Waals surface area contributed by atoms with Crippen LogP contribution in [0.3, 0.4) is 0 Å². The Kier molecular flexibility index (Phi) is 10.8. The molecule has 0 fully saturated rings. The SMILES string of the molecule is CC1(C)C2=C(c3ccccc31)C(C)(C)c1c(-c3cc4ccccc4cn3)[c-]ccc12.CCC(C)(CC)C(=O)/C=C(\O)C(C)(CC)CC.[Ir]. The molecule has 0 spiro atoms. The van der Waals surface area contributed by atoms with Crippen LogP contribution in [0.1, 0.15) is 117 Å². The Labute approximate surface area is 302 Å². The molecular formula is C44H52IrNO2-. The van der Waals surface area contributed by atoms with Crippen LogP contribution >= 0.6 is 0 Å². The number of aromatic nitrogens is 1. The van der Waals surface area contributed by atoms with Gasteiger partial charge in [-0.05, 0) is 69.8 Å². The van der Waals surface area contributed by atoms with Crippen molar-refractivity contribution in [2.24, 2.45) is 10.8 Å². The number of aliphatic hydroxyl groups is 1. The zero-order valence-corrected chi connectivity index (χ0v) is 32.9. The number of carbonyl (C=O) groups is 1. The van der Waals surface area contributed by atoms with Gasteiger partial charge in [0.2, 0.25) is 0 Å². The monoisotopic (exact) mass is 819 g/mol. The molecule has 0 bridgehead atoms. The van der Waals surface area contributed by atoms with Crippen molar-refractivity contribution in [1.29, 1.82) is 0 Å². The fourth-order valence-corrected chi connectivity index (χ4v) is 7.54. The van der Waals surface area contributed by atoms with Crippen LogP contribution in [0.15, 0.2) is 84.8 Å². The summed E-state index contributed by atoms with van der Waals surface area (Å²) in [6, 6.07) is 27.5. The number of carbonyl (C=O) groups excluding carboxylic acids is 1. The van der Waals surface area contributed by atoms with E-state index in [1.165, 1.54) is 50.2 Å². The first-order valence-corrected chi connectivity index (χ1v) is 17.4. The van der Waals surface area contributed by atoms with Crippen molar-refractivity contribution in [2.75, 3.05) is 0 Å². The maximum atomic E-state index is 12.2. The molecule has 6 rings (SSSR count). The Morgan fingerprint density at radius 1 is 0.792 bits per heavy atom. The summed E-state index contributed by atoms with van der Waals surface area (Å²) < 4.78 is 0. The number of hydrogen-bond acceptors (Lipinski definition) is 3. The van der Waals surface area contributed by atoms with Crippen molar-refractivity contribution >= 4 is 27.7 Å². The Morgan fingerprint density at radius 2 is 1.35 bits per heavy atom. The molecule has 4 aromatic rings. The Morgan fingerprint density at radius 3 is 1.98 bits per heavy atom. The second-order valence-electron chi connectivity index (χ2n) is 15.0. The number of pyridine rings is 1. The third kappa shape index (κ3) is 6.16. The van der Waals surface area contributed by atoms with Crippen LogP contribution in [0.5, 0.6) is 0 Å². The third-order valence-corrected chi connectivity index (χ3v) is 11.8. The van der Waals surface area contributed by atoms with E-state index >= 15 is 0 Å². The topological polar surface area (TPSA) is 50.2 Å². The summed E-state index contributed by atoms with van der Waals surface area (Å²) in [6.07, 6.45) is 6.74. The molecule has 255 valence electrons. The predicted molar refractivity (Wildman–Crippen MR) is 198 cm³/mol. The van der Waals surface area contributed by atoms with Crippen LogP contribution in [0.4, 0.5) is 0 Å². The fourth-order valence-electron chi connectivity index (χ4n) is 7.54. The number of hydrogen-bond donors (Lipinski definition) is 1. The van der Waals surface area contributed by atoms with Gasteiger partial charge in [0, 0.05) is 48.6 Å². The molecule has 0 unspecified atom stereocenters. The van der Waals surface area contributed by atoms with Gasteiger partial charge < -0.3 is 10.1 Å². The predicted octanol–water partition coefficient (Wildman–Crippen LogP) is 11.8. The number of ketones is 1. The number of fused-ring (bicyclic) bond motifs is 5. The number of rotatable bonds is 8. The first-order chi connectivity index (χ1) is 22.2. The van der Waals surface area contributed by atoms with Gasteiger partial charge in [-0.15, -0.1) is 29.3 Å². The van der Waals surface area contributed by atoms with Gasteiger partial charge >= 0.3 is 0 Å². The summed E-state index contributed by atoms with van der Waals surface area (Å²) >= 11 is 0. The van der Waals surface area contributed by atoms with E-state index in [9.17, 15) is 9.90 Å². The second kappa shape index (κ2) is 13.9. The average molecular weight is 819 g/mol. The van der Waals surface area contributed by atoms with Crippen LogP contribution in [-0.4, -0.2) is 15.9 Å². The smallest absolute Gasteiger partial charge is 0.164 e. The zero-order chi connectivity index (χ0) is 34.4. The molecule has 2 aliphatic rings. The quantitative estimate of drug-likeness (QED) is 0.109. The van der Waals surface area contributed by atoms with E-state index in [0.29, 0.717) is 0 Å². The molecule has 2 aliphatic carbocycles. The summed E-state index contributed by atoms with van der Waals surface area (Å²) in [4.78, 5) is 17.0. The van der Waals surface area contributed by atoms with E-state index in [1.807, 2.05) is 47.7 Å². The summed E-state index contributed by atoms with van der Waals surface area (Å²) in [5, 5.41) is 12.5. The zero-order valence-electron chi connectivity index (χ0n) is 30.5. The molecule has 0 saturated carbocycles. The molecule has 4 heteroatoms. The summed E-state index contributed by atoms with van der Waals surface area (Å²) in [7, 11) is 0. The van der Waals surface area contributed by atoms with Crippen molar-refractivity contribution in [2.45, 2.75) is 106 Å². The van der Waals surface area contributed by atoms with Crippen molar-refractivity contribution in [3.05, 3.63) is 113 Å². The van der Waals surface area contributed by atoms with Gasteiger partial charge in [-0.3, -0.25) is 4.79 Å². The number of benzene rings is 3. The maximum Gasteiger partial charge on any atom is 0.164 e. The third-order valence-electron chi connectivity index (χ3n) is 11.8. The Bertz CT molecular complexity index is 1890. The molecule has 0 aliphatic heterocycles. The first-order valence-electron chi connectivity index (χ1n) is 17.4. The normalized spacial score (nSPS) is 16.0. The molecule has 0 atom stereocenters. The van der Waals surface area contributed by atoms with E-state index in [2.05, 4.69) is 100 Å². The van der Waals surface area contributed by atoms with Crippen LogP contribution in [0, 0.1) is 16.9 Å². The molecule has 3 aromatic carbocycles. The minimum atomic E-state index is -0.337. The molecule has 1 N–H and O–H groups in total. The van der Waals surface area contributed by atoms with E-state index in [-0.39, 0.29) is 53.3 Å². The standard InChI is InChI=1S/C29H24N.C15H28O2.Ir/c1-28(2)23-15-8-7-12-20(23)26-27(28)22-14-9-13-21(25(22)29(26,3)4)24-16-18-10-5-6-11-19(18)17-30-24;1-7-14(5,8-2)12(16)11-13(17)15(6,9-3)10-4;/h5-12,14-17H,1-4H3;11,16H,7-10H2,1-6H3;/q-1;;/b;12-11-;. The fraction of sp³-hybridized carbons (Fsp3) is 0.409. The first kappa shape index (κ1) is 37.5. The summed E-state index contributed by atoms with van der Waals surface area (Å²) in [6.45, 7) is 21.5. The van der Waals surface area contributed by atoms with E-state index in [1.54, 1.807) is 0 Å². The minimum absolute atomic E-state index is 0. The van der Waals surface area contributed by atoms with Crippen molar-refractivity contribution in [1.82, 2.24) is 4.98 Å². The average Bonchev–Trinajstić information content (AvgIpc) is 3.49. The van der Waals surface area contributed by atoms with Gasteiger partial charge in [0.1, 0.15) is 5.76 Å². The van der Waals surface area contributed by atoms with Crippen molar-refractivity contribution < 1.29 is 30.0 Å². The van der Waals surface area contributed by atoms with Crippen LogP contribution in [0.25, 0.3) is 33.2 Å². The van der Waals surface area contributed by atoms with Gasteiger partial charge in [0.05, 0.1) is 0 Å². The number of allylic oxidation sites excluding steroid dienone is 4. The maximum absolute atomic E-state index is 12.2. The minimum Gasteiger partial charge on any atom is -0.512 e. The van der Waals surface area contributed by atoms with Crippen LogP contribution in [0.2, 0.25) is 0 Å². The molecule has 3 nitrogen and oxygen atoms in total. The molecule has 1 aromatic heterocycles. The van der Waals surface area contributed by atoms with Gasteiger partial charge in [-0.25, -0.2) is 0 Å². The molecule has 0 saturated heterocycles. The van der Waals surface area contributed by atoms with Gasteiger partial charge in [0.15, 0.2) is 5.78 Å². The van der Waals surface area contributed by atoms with E-state index in [4.69, 9.17) is 4.98 Å². The van der Waals surface area contributed by atoms with Gasteiger partial charge in [-0.1, -0.05) is 129 Å².